The Labute approximate surface area is 208 Å². The Hall–Kier alpha value is -4.44. The molecule has 0 bridgehead atoms. The topological polar surface area (TPSA) is 106 Å². The predicted molar refractivity (Wildman–Crippen MR) is 139 cm³/mol. The molecule has 2 heterocycles. The second-order valence-electron chi connectivity index (χ2n) is 8.53. The van der Waals surface area contributed by atoms with Gasteiger partial charge in [-0.15, -0.1) is 0 Å². The van der Waals surface area contributed by atoms with Crippen LogP contribution in [0.3, 0.4) is 0 Å². The highest BCUT2D eigenvalue weighted by molar-refractivity contribution is 5.85. The molecule has 0 radical (unpaired) electrons. The van der Waals surface area contributed by atoms with Crippen molar-refractivity contribution in [2.45, 2.75) is 0 Å². The van der Waals surface area contributed by atoms with Gasteiger partial charge in [0, 0.05) is 44.0 Å². The SMILES string of the molecule is COc1cc(N2CCN(C)CC2)ccc1Nc1nc(Oc2cccc([N+](=O)[O-])c2)c2ccccc2n1. The van der Waals surface area contributed by atoms with Crippen LogP contribution in [0.25, 0.3) is 10.9 Å². The Balaban J connectivity index is 1.45. The Morgan fingerprint density at radius 2 is 1.78 bits per heavy atom. The van der Waals surface area contributed by atoms with Crippen molar-refractivity contribution in [3.05, 3.63) is 76.8 Å². The Kier molecular flexibility index (Phi) is 6.50. The first-order chi connectivity index (χ1) is 17.5. The number of nitro groups is 1. The lowest BCUT2D eigenvalue weighted by Crippen LogP contribution is -2.44. The number of rotatable bonds is 7. The van der Waals surface area contributed by atoms with Crippen molar-refractivity contribution in [3.63, 3.8) is 0 Å². The normalized spacial score (nSPS) is 14.0. The van der Waals surface area contributed by atoms with Crippen molar-refractivity contribution in [1.82, 2.24) is 14.9 Å². The zero-order valence-corrected chi connectivity index (χ0v) is 20.0. The fourth-order valence-electron chi connectivity index (χ4n) is 4.12. The molecule has 0 unspecified atom stereocenters. The van der Waals surface area contributed by atoms with Crippen molar-refractivity contribution in [1.29, 1.82) is 0 Å². The van der Waals surface area contributed by atoms with Gasteiger partial charge in [-0.3, -0.25) is 10.1 Å². The van der Waals surface area contributed by atoms with Gasteiger partial charge in [-0.05, 0) is 37.4 Å². The summed E-state index contributed by atoms with van der Waals surface area (Å²) < 4.78 is 11.7. The summed E-state index contributed by atoms with van der Waals surface area (Å²) in [6.45, 7) is 3.94. The number of nitro benzene ring substituents is 1. The van der Waals surface area contributed by atoms with Gasteiger partial charge >= 0.3 is 0 Å². The highest BCUT2D eigenvalue weighted by Gasteiger charge is 2.17. The van der Waals surface area contributed by atoms with Crippen LogP contribution >= 0.6 is 0 Å². The van der Waals surface area contributed by atoms with Gasteiger partial charge in [-0.25, -0.2) is 4.98 Å². The molecular weight excluding hydrogens is 460 g/mol. The maximum atomic E-state index is 11.2. The van der Waals surface area contributed by atoms with E-state index in [4.69, 9.17) is 9.47 Å². The van der Waals surface area contributed by atoms with Gasteiger partial charge in [0.25, 0.3) is 5.69 Å². The van der Waals surface area contributed by atoms with Crippen LogP contribution in [0.2, 0.25) is 0 Å². The fourth-order valence-corrected chi connectivity index (χ4v) is 4.12. The first kappa shape index (κ1) is 23.3. The number of hydrogen-bond acceptors (Lipinski definition) is 9. The molecule has 184 valence electrons. The monoisotopic (exact) mass is 486 g/mol. The van der Waals surface area contributed by atoms with Crippen LogP contribution in [0.4, 0.5) is 23.0 Å². The summed E-state index contributed by atoms with van der Waals surface area (Å²) in [6.07, 6.45) is 0. The molecule has 0 saturated carbocycles. The average molecular weight is 487 g/mol. The van der Waals surface area contributed by atoms with E-state index in [-0.39, 0.29) is 11.6 Å². The molecule has 0 spiro atoms. The molecule has 1 aliphatic rings. The molecule has 1 aliphatic heterocycles. The number of methoxy groups -OCH3 is 1. The number of nitrogens with one attached hydrogen (secondary N) is 1. The zero-order valence-electron chi connectivity index (χ0n) is 20.0. The maximum Gasteiger partial charge on any atom is 0.273 e. The number of ether oxygens (including phenoxy) is 2. The second-order valence-corrected chi connectivity index (χ2v) is 8.53. The molecule has 36 heavy (non-hydrogen) atoms. The lowest BCUT2D eigenvalue weighted by atomic mass is 10.2. The molecule has 0 atom stereocenters. The van der Waals surface area contributed by atoms with Crippen molar-refractivity contribution >= 4 is 33.9 Å². The number of hydrogen-bond donors (Lipinski definition) is 1. The molecule has 10 heteroatoms. The number of nitrogens with zero attached hydrogens (tertiary/aromatic N) is 5. The van der Waals surface area contributed by atoms with Gasteiger partial charge in [-0.2, -0.15) is 4.98 Å². The third-order valence-corrected chi connectivity index (χ3v) is 6.11. The van der Waals surface area contributed by atoms with E-state index in [1.54, 1.807) is 19.2 Å². The third kappa shape index (κ3) is 4.98. The zero-order chi connectivity index (χ0) is 25.1. The lowest BCUT2D eigenvalue weighted by Gasteiger charge is -2.34. The smallest absolute Gasteiger partial charge is 0.273 e. The van der Waals surface area contributed by atoms with Crippen LogP contribution < -0.4 is 19.7 Å². The molecule has 5 rings (SSSR count). The second kappa shape index (κ2) is 10.0. The molecule has 0 aliphatic carbocycles. The van der Waals surface area contributed by atoms with Gasteiger partial charge in [0.2, 0.25) is 11.8 Å². The van der Waals surface area contributed by atoms with Gasteiger partial charge in [0.15, 0.2) is 0 Å². The number of likely N-dealkylation sites (N-methyl/N-ethyl adjacent to an activating group) is 1. The highest BCUT2D eigenvalue weighted by Crippen LogP contribution is 2.34. The fraction of sp³-hybridized carbons (Fsp3) is 0.231. The van der Waals surface area contributed by atoms with Gasteiger partial charge in [0.1, 0.15) is 11.5 Å². The molecule has 10 nitrogen and oxygen atoms in total. The summed E-state index contributed by atoms with van der Waals surface area (Å²) in [5, 5.41) is 15.1. The van der Waals surface area contributed by atoms with E-state index in [2.05, 4.69) is 38.2 Å². The molecule has 4 aromatic rings. The number of para-hydroxylation sites is 1. The van der Waals surface area contributed by atoms with E-state index in [9.17, 15) is 10.1 Å². The first-order valence-electron chi connectivity index (χ1n) is 11.6. The van der Waals surface area contributed by atoms with Gasteiger partial charge in [0.05, 0.1) is 34.7 Å². The summed E-state index contributed by atoms with van der Waals surface area (Å²) in [7, 11) is 3.76. The first-order valence-corrected chi connectivity index (χ1v) is 11.6. The number of fused-ring (bicyclic) bond motifs is 1. The highest BCUT2D eigenvalue weighted by atomic mass is 16.6. The lowest BCUT2D eigenvalue weighted by molar-refractivity contribution is -0.384. The summed E-state index contributed by atoms with van der Waals surface area (Å²) in [5.41, 5.74) is 2.42. The van der Waals surface area contributed by atoms with Crippen molar-refractivity contribution in [2.75, 3.05) is 50.6 Å². The third-order valence-electron chi connectivity index (χ3n) is 6.11. The Morgan fingerprint density at radius 3 is 2.56 bits per heavy atom. The molecule has 1 fully saturated rings. The molecule has 0 amide bonds. The molecule has 1 saturated heterocycles. The number of anilines is 3. The van der Waals surface area contributed by atoms with Gasteiger partial charge < -0.3 is 24.6 Å². The van der Waals surface area contributed by atoms with E-state index in [1.807, 2.05) is 36.4 Å². The van der Waals surface area contributed by atoms with Crippen molar-refractivity contribution in [2.24, 2.45) is 0 Å². The predicted octanol–water partition coefficient (Wildman–Crippen LogP) is 4.83. The molecule has 3 aromatic carbocycles. The van der Waals surface area contributed by atoms with E-state index >= 15 is 0 Å². The van der Waals surface area contributed by atoms with Crippen LogP contribution in [0.1, 0.15) is 0 Å². The number of non-ortho nitro benzene ring substituents is 1. The van der Waals surface area contributed by atoms with E-state index in [0.717, 1.165) is 31.9 Å². The quantitative estimate of drug-likeness (QED) is 0.290. The number of benzene rings is 3. The minimum absolute atomic E-state index is 0.0608. The maximum absolute atomic E-state index is 11.2. The van der Waals surface area contributed by atoms with E-state index in [0.29, 0.717) is 34.0 Å². The van der Waals surface area contributed by atoms with Crippen LogP contribution in [0.15, 0.2) is 66.7 Å². The van der Waals surface area contributed by atoms with E-state index < -0.39 is 4.92 Å². The average Bonchev–Trinajstić information content (AvgIpc) is 2.89. The Bertz CT molecular complexity index is 1400. The summed E-state index contributed by atoms with van der Waals surface area (Å²) >= 11 is 0. The van der Waals surface area contributed by atoms with Crippen LogP contribution in [-0.2, 0) is 0 Å². The summed E-state index contributed by atoms with van der Waals surface area (Å²) in [5.74, 6) is 1.59. The standard InChI is InChI=1S/C26H26N6O4/c1-30-12-14-31(15-13-30)18-10-11-23(24(17-18)35-2)28-26-27-22-9-4-3-8-21(22)25(29-26)36-20-7-5-6-19(16-20)32(33)34/h3-11,16-17H,12-15H2,1-2H3,(H,27,28,29). The van der Waals surface area contributed by atoms with E-state index in [1.165, 1.54) is 12.1 Å². The number of piperazine rings is 1. The number of aromatic nitrogens is 2. The minimum Gasteiger partial charge on any atom is -0.494 e. The molecule has 1 aromatic heterocycles. The summed E-state index contributed by atoms with van der Waals surface area (Å²) in [4.78, 5) is 24.6. The molecular formula is C26H26N6O4. The molecule has 1 N–H and O–H groups in total. The van der Waals surface area contributed by atoms with Gasteiger partial charge in [-0.1, -0.05) is 18.2 Å². The van der Waals surface area contributed by atoms with Crippen molar-refractivity contribution in [3.8, 4) is 17.4 Å². The minimum atomic E-state index is -0.462. The van der Waals surface area contributed by atoms with Crippen molar-refractivity contribution < 1.29 is 14.4 Å². The largest absolute Gasteiger partial charge is 0.494 e. The van der Waals surface area contributed by atoms with Crippen LogP contribution in [0, 0.1) is 10.1 Å². The summed E-state index contributed by atoms with van der Waals surface area (Å²) in [6, 6.07) is 19.5. The van der Waals surface area contributed by atoms with Crippen LogP contribution in [-0.4, -0.2) is 60.1 Å². The van der Waals surface area contributed by atoms with Crippen LogP contribution in [0.5, 0.6) is 17.4 Å². The Morgan fingerprint density at radius 1 is 0.972 bits per heavy atom.